The maximum Gasteiger partial charge on any atom is 0.146 e. The summed E-state index contributed by atoms with van der Waals surface area (Å²) in [6, 6.07) is 24.4. The molecule has 0 saturated carbocycles. The minimum atomic E-state index is -1.01. The molecule has 3 N–H and O–H groups in total. The molecule has 0 radical (unpaired) electrons. The summed E-state index contributed by atoms with van der Waals surface area (Å²) in [4.78, 5) is 0. The first-order valence-corrected chi connectivity index (χ1v) is 11.5. The van der Waals surface area contributed by atoms with Crippen molar-refractivity contribution in [2.75, 3.05) is 5.73 Å². The van der Waals surface area contributed by atoms with E-state index < -0.39 is 5.60 Å². The minimum Gasteiger partial charge on any atom is -0.384 e. The zero-order chi connectivity index (χ0) is 24.5. The van der Waals surface area contributed by atoms with Crippen molar-refractivity contribution >= 4 is 5.82 Å². The highest BCUT2D eigenvalue weighted by atomic mass is 16.3. The standard InChI is InChI=1S/C28H31N5O/c1-18(2)28(5,22-12-8-20(9-13-22)24-15-17-26(29)33-31-24)21-10-6-19(7-11-21)23-14-16-25(32-30-23)27(3,4)34/h6-18,34H,1-5H3,(H2,29,33). The van der Waals surface area contributed by atoms with Crippen molar-refractivity contribution in [3.05, 3.63) is 89.6 Å². The number of aliphatic hydroxyl groups is 1. The Kier molecular flexibility index (Phi) is 6.19. The van der Waals surface area contributed by atoms with E-state index in [1.807, 2.05) is 18.2 Å². The van der Waals surface area contributed by atoms with Gasteiger partial charge in [0.05, 0.1) is 17.1 Å². The van der Waals surface area contributed by atoms with Crippen LogP contribution in [-0.4, -0.2) is 25.5 Å². The number of benzene rings is 2. The maximum absolute atomic E-state index is 10.1. The van der Waals surface area contributed by atoms with Gasteiger partial charge >= 0.3 is 0 Å². The molecule has 1 atom stereocenters. The van der Waals surface area contributed by atoms with E-state index in [4.69, 9.17) is 5.73 Å². The first-order valence-electron chi connectivity index (χ1n) is 11.5. The lowest BCUT2D eigenvalue weighted by Gasteiger charge is -2.35. The lowest BCUT2D eigenvalue weighted by molar-refractivity contribution is 0.0729. The highest BCUT2D eigenvalue weighted by Crippen LogP contribution is 2.40. The fourth-order valence-electron chi connectivity index (χ4n) is 4.12. The van der Waals surface area contributed by atoms with E-state index in [9.17, 15) is 5.11 Å². The molecule has 0 aliphatic rings. The van der Waals surface area contributed by atoms with Gasteiger partial charge in [0.25, 0.3) is 0 Å². The quantitative estimate of drug-likeness (QED) is 0.407. The summed E-state index contributed by atoms with van der Waals surface area (Å²) in [6.07, 6.45) is 0. The highest BCUT2D eigenvalue weighted by molar-refractivity contribution is 5.62. The summed E-state index contributed by atoms with van der Waals surface area (Å²) < 4.78 is 0. The Labute approximate surface area is 200 Å². The third kappa shape index (κ3) is 4.54. The molecule has 2 heterocycles. The second kappa shape index (κ2) is 8.95. The first-order chi connectivity index (χ1) is 16.1. The molecule has 0 fully saturated rings. The van der Waals surface area contributed by atoms with Crippen molar-refractivity contribution in [2.24, 2.45) is 5.92 Å². The zero-order valence-electron chi connectivity index (χ0n) is 20.3. The van der Waals surface area contributed by atoms with Gasteiger partial charge in [-0.05, 0) is 55.2 Å². The monoisotopic (exact) mass is 453 g/mol. The van der Waals surface area contributed by atoms with Crippen LogP contribution in [0.15, 0.2) is 72.8 Å². The molecule has 6 heteroatoms. The molecule has 6 nitrogen and oxygen atoms in total. The first kappa shape index (κ1) is 23.5. The number of hydrogen-bond donors (Lipinski definition) is 2. The van der Waals surface area contributed by atoms with Gasteiger partial charge in [-0.2, -0.15) is 10.2 Å². The predicted octanol–water partition coefficient (Wildman–Crippen LogP) is 5.37. The van der Waals surface area contributed by atoms with Crippen LogP contribution in [0, 0.1) is 5.92 Å². The van der Waals surface area contributed by atoms with Crippen LogP contribution in [0.3, 0.4) is 0 Å². The van der Waals surface area contributed by atoms with Crippen LogP contribution < -0.4 is 5.73 Å². The number of nitrogens with two attached hydrogens (primary N) is 1. The molecule has 1 unspecified atom stereocenters. The van der Waals surface area contributed by atoms with Crippen molar-refractivity contribution in [3.63, 3.8) is 0 Å². The molecule has 34 heavy (non-hydrogen) atoms. The molecule has 4 aromatic rings. The van der Waals surface area contributed by atoms with Crippen LogP contribution in [0.2, 0.25) is 0 Å². The molecule has 0 aliphatic carbocycles. The second-order valence-corrected chi connectivity index (χ2v) is 9.72. The summed E-state index contributed by atoms with van der Waals surface area (Å²) in [6.45, 7) is 10.2. The van der Waals surface area contributed by atoms with Crippen LogP contribution in [0.4, 0.5) is 5.82 Å². The Hall–Kier alpha value is -3.64. The summed E-state index contributed by atoms with van der Waals surface area (Å²) in [5.74, 6) is 0.779. The Morgan fingerprint density at radius 2 is 1.12 bits per heavy atom. The lowest BCUT2D eigenvalue weighted by atomic mass is 9.68. The third-order valence-electron chi connectivity index (χ3n) is 6.69. The predicted molar refractivity (Wildman–Crippen MR) is 136 cm³/mol. The molecular formula is C28H31N5O. The van der Waals surface area contributed by atoms with E-state index in [1.165, 1.54) is 11.1 Å². The van der Waals surface area contributed by atoms with E-state index in [0.717, 1.165) is 22.5 Å². The molecule has 0 amide bonds. The van der Waals surface area contributed by atoms with Gasteiger partial charge in [-0.3, -0.25) is 0 Å². The van der Waals surface area contributed by atoms with Crippen LogP contribution in [0.1, 0.15) is 51.4 Å². The van der Waals surface area contributed by atoms with Gasteiger partial charge in [0, 0.05) is 16.5 Å². The van der Waals surface area contributed by atoms with Gasteiger partial charge < -0.3 is 10.8 Å². The van der Waals surface area contributed by atoms with Gasteiger partial charge in [0.1, 0.15) is 11.4 Å². The molecular weight excluding hydrogens is 422 g/mol. The molecule has 0 bridgehead atoms. The molecule has 4 rings (SSSR count). The van der Waals surface area contributed by atoms with E-state index in [0.29, 0.717) is 17.4 Å². The van der Waals surface area contributed by atoms with Crippen LogP contribution >= 0.6 is 0 Å². The van der Waals surface area contributed by atoms with Gasteiger partial charge in [0.2, 0.25) is 0 Å². The van der Waals surface area contributed by atoms with Crippen LogP contribution in [-0.2, 0) is 11.0 Å². The fourth-order valence-corrected chi connectivity index (χ4v) is 4.12. The summed E-state index contributed by atoms with van der Waals surface area (Å²) in [5.41, 5.74) is 11.1. The van der Waals surface area contributed by atoms with Crippen molar-refractivity contribution in [1.82, 2.24) is 20.4 Å². The van der Waals surface area contributed by atoms with Crippen molar-refractivity contribution in [1.29, 1.82) is 0 Å². The van der Waals surface area contributed by atoms with E-state index >= 15 is 0 Å². The van der Waals surface area contributed by atoms with Gasteiger partial charge in [0.15, 0.2) is 0 Å². The maximum atomic E-state index is 10.1. The van der Waals surface area contributed by atoms with E-state index in [2.05, 4.69) is 89.7 Å². The summed E-state index contributed by atoms with van der Waals surface area (Å²) in [5, 5.41) is 26.8. The Morgan fingerprint density at radius 1 is 0.647 bits per heavy atom. The van der Waals surface area contributed by atoms with Crippen molar-refractivity contribution in [3.8, 4) is 22.5 Å². The van der Waals surface area contributed by atoms with Gasteiger partial charge in [-0.15, -0.1) is 10.2 Å². The van der Waals surface area contributed by atoms with Crippen LogP contribution in [0.25, 0.3) is 22.5 Å². The number of anilines is 1. The average molecular weight is 454 g/mol. The summed E-state index contributed by atoms with van der Waals surface area (Å²) in [7, 11) is 0. The average Bonchev–Trinajstić information content (AvgIpc) is 2.84. The van der Waals surface area contributed by atoms with E-state index in [-0.39, 0.29) is 5.41 Å². The van der Waals surface area contributed by atoms with E-state index in [1.54, 1.807) is 19.9 Å². The fraction of sp³-hybridized carbons (Fsp3) is 0.286. The highest BCUT2D eigenvalue weighted by Gasteiger charge is 2.32. The minimum absolute atomic E-state index is 0.180. The zero-order valence-corrected chi connectivity index (χ0v) is 20.3. The number of rotatable bonds is 6. The molecule has 2 aromatic carbocycles. The van der Waals surface area contributed by atoms with Crippen LogP contribution in [0.5, 0.6) is 0 Å². The molecule has 2 aromatic heterocycles. The summed E-state index contributed by atoms with van der Waals surface area (Å²) >= 11 is 0. The van der Waals surface area contributed by atoms with Crippen molar-refractivity contribution in [2.45, 2.75) is 45.6 Å². The molecule has 0 aliphatic heterocycles. The second-order valence-electron chi connectivity index (χ2n) is 9.72. The molecule has 0 saturated heterocycles. The largest absolute Gasteiger partial charge is 0.384 e. The number of nitrogen functional groups attached to an aromatic ring is 1. The normalized spacial score (nSPS) is 13.6. The number of aromatic nitrogens is 4. The Balaban J connectivity index is 1.63. The molecule has 0 spiro atoms. The lowest BCUT2D eigenvalue weighted by Crippen LogP contribution is -2.30. The Bertz CT molecular complexity index is 1240. The Morgan fingerprint density at radius 3 is 1.47 bits per heavy atom. The van der Waals surface area contributed by atoms with Gasteiger partial charge in [-0.1, -0.05) is 69.3 Å². The smallest absolute Gasteiger partial charge is 0.146 e. The molecule has 174 valence electrons. The third-order valence-corrected chi connectivity index (χ3v) is 6.69. The SMILES string of the molecule is CC(C)C(C)(c1ccc(-c2ccc(N)nn2)cc1)c1ccc(-c2ccc(C(C)(C)O)nn2)cc1. The number of hydrogen-bond acceptors (Lipinski definition) is 6. The van der Waals surface area contributed by atoms with Crippen molar-refractivity contribution < 1.29 is 5.11 Å². The topological polar surface area (TPSA) is 97.8 Å². The number of nitrogens with zero attached hydrogens (tertiary/aromatic N) is 4. The van der Waals surface area contributed by atoms with Gasteiger partial charge in [-0.25, -0.2) is 0 Å².